The zero-order valence-corrected chi connectivity index (χ0v) is 12.0. The average Bonchev–Trinajstić information content (AvgIpc) is 2.41. The lowest BCUT2D eigenvalue weighted by atomic mass is 9.85. The molecule has 1 heterocycles. The number of anilines is 1. The molecule has 21 heavy (non-hydrogen) atoms. The minimum atomic E-state index is -2.49. The van der Waals surface area contributed by atoms with Gasteiger partial charge in [0.1, 0.15) is 11.6 Å². The normalized spacial score (nSPS) is 18.2. The number of urea groups is 1. The Morgan fingerprint density at radius 1 is 1.43 bits per heavy atom. The molecule has 0 saturated heterocycles. The minimum absolute atomic E-state index is 0.0376. The summed E-state index contributed by atoms with van der Waals surface area (Å²) in [6.45, 7) is 2.22. The predicted molar refractivity (Wildman–Crippen MR) is 75.3 cm³/mol. The summed E-state index contributed by atoms with van der Waals surface area (Å²) in [7, 11) is 0. The van der Waals surface area contributed by atoms with Gasteiger partial charge in [0.05, 0.1) is 0 Å². The van der Waals surface area contributed by atoms with Crippen molar-refractivity contribution in [3.63, 3.8) is 0 Å². The number of nitrogens with zero attached hydrogens (tertiary/aromatic N) is 2. The highest BCUT2D eigenvalue weighted by Crippen LogP contribution is 2.37. The van der Waals surface area contributed by atoms with E-state index < -0.39 is 5.92 Å². The number of alkyl halides is 2. The summed E-state index contributed by atoms with van der Waals surface area (Å²) in [4.78, 5) is 19.7. The molecule has 0 unspecified atom stereocenters. The van der Waals surface area contributed by atoms with Gasteiger partial charge in [-0.3, -0.25) is 5.32 Å². The molecule has 0 aliphatic heterocycles. The van der Waals surface area contributed by atoms with Gasteiger partial charge in [0, 0.05) is 25.6 Å². The third-order valence-electron chi connectivity index (χ3n) is 3.69. The summed E-state index contributed by atoms with van der Waals surface area (Å²) in [5.74, 6) is -1.20. The Kier molecular flexibility index (Phi) is 5.03. The Hall–Kier alpha value is -1.79. The SMILES string of the molecule is Cc1nccc(NC(=O)NCCC2CCC(F)(F)CC2)n1. The van der Waals surface area contributed by atoms with Crippen molar-refractivity contribution >= 4 is 11.8 Å². The highest BCUT2D eigenvalue weighted by molar-refractivity contribution is 5.88. The van der Waals surface area contributed by atoms with E-state index in [-0.39, 0.29) is 24.8 Å². The van der Waals surface area contributed by atoms with Crippen molar-refractivity contribution in [1.29, 1.82) is 0 Å². The van der Waals surface area contributed by atoms with Crippen LogP contribution in [0.5, 0.6) is 0 Å². The van der Waals surface area contributed by atoms with Gasteiger partial charge in [-0.05, 0) is 38.2 Å². The first-order chi connectivity index (χ1) is 9.94. The van der Waals surface area contributed by atoms with Crippen LogP contribution in [0.2, 0.25) is 0 Å². The lowest BCUT2D eigenvalue weighted by Gasteiger charge is -2.28. The second-order valence-corrected chi connectivity index (χ2v) is 5.46. The summed E-state index contributed by atoms with van der Waals surface area (Å²) >= 11 is 0. The van der Waals surface area contributed by atoms with Gasteiger partial charge in [-0.25, -0.2) is 23.5 Å². The van der Waals surface area contributed by atoms with Crippen LogP contribution in [0.25, 0.3) is 0 Å². The fourth-order valence-corrected chi connectivity index (χ4v) is 2.46. The van der Waals surface area contributed by atoms with Gasteiger partial charge in [-0.1, -0.05) is 0 Å². The minimum Gasteiger partial charge on any atom is -0.338 e. The van der Waals surface area contributed by atoms with Gasteiger partial charge in [-0.15, -0.1) is 0 Å². The first kappa shape index (κ1) is 15.6. The van der Waals surface area contributed by atoms with Crippen molar-refractivity contribution in [3.8, 4) is 0 Å². The van der Waals surface area contributed by atoms with Crippen LogP contribution < -0.4 is 10.6 Å². The average molecular weight is 298 g/mol. The molecule has 1 fully saturated rings. The zero-order valence-electron chi connectivity index (χ0n) is 12.0. The molecular formula is C14H20F2N4O. The Morgan fingerprint density at radius 2 is 2.14 bits per heavy atom. The Balaban J connectivity index is 1.66. The molecule has 2 amide bonds. The summed E-state index contributed by atoms with van der Waals surface area (Å²) in [6, 6.07) is 1.27. The molecule has 0 radical (unpaired) electrons. The molecule has 1 aromatic heterocycles. The first-order valence-corrected chi connectivity index (χ1v) is 7.17. The molecule has 1 saturated carbocycles. The second-order valence-electron chi connectivity index (χ2n) is 5.46. The molecule has 0 bridgehead atoms. The van der Waals surface area contributed by atoms with Gasteiger partial charge in [0.25, 0.3) is 0 Å². The predicted octanol–water partition coefficient (Wildman–Crippen LogP) is 3.12. The van der Waals surface area contributed by atoms with E-state index in [0.717, 1.165) is 6.42 Å². The van der Waals surface area contributed by atoms with Gasteiger partial charge in [-0.2, -0.15) is 0 Å². The fourth-order valence-electron chi connectivity index (χ4n) is 2.46. The van der Waals surface area contributed by atoms with E-state index in [0.29, 0.717) is 31.0 Å². The number of carbonyl (C=O) groups is 1. The van der Waals surface area contributed by atoms with Crippen molar-refractivity contribution in [2.45, 2.75) is 45.0 Å². The highest BCUT2D eigenvalue weighted by atomic mass is 19.3. The quantitative estimate of drug-likeness (QED) is 0.897. The van der Waals surface area contributed by atoms with Crippen LogP contribution in [0.15, 0.2) is 12.3 Å². The lowest BCUT2D eigenvalue weighted by Crippen LogP contribution is -2.32. The van der Waals surface area contributed by atoms with Crippen LogP contribution in [0, 0.1) is 12.8 Å². The maximum atomic E-state index is 13.0. The van der Waals surface area contributed by atoms with E-state index in [1.807, 2.05) is 0 Å². The van der Waals surface area contributed by atoms with Crippen molar-refractivity contribution in [3.05, 3.63) is 18.1 Å². The van der Waals surface area contributed by atoms with Crippen molar-refractivity contribution in [1.82, 2.24) is 15.3 Å². The summed E-state index contributed by atoms with van der Waals surface area (Å²) in [5, 5.41) is 5.33. The highest BCUT2D eigenvalue weighted by Gasteiger charge is 2.34. The Morgan fingerprint density at radius 3 is 2.81 bits per heavy atom. The molecule has 7 heteroatoms. The first-order valence-electron chi connectivity index (χ1n) is 7.17. The van der Waals surface area contributed by atoms with Crippen LogP contribution >= 0.6 is 0 Å². The molecule has 1 aromatic rings. The van der Waals surface area contributed by atoms with E-state index in [1.54, 1.807) is 19.2 Å². The van der Waals surface area contributed by atoms with Crippen LogP contribution in [-0.4, -0.2) is 28.5 Å². The van der Waals surface area contributed by atoms with Crippen molar-refractivity contribution in [2.75, 3.05) is 11.9 Å². The second kappa shape index (κ2) is 6.78. The van der Waals surface area contributed by atoms with E-state index in [4.69, 9.17) is 0 Å². The van der Waals surface area contributed by atoms with Crippen LogP contribution in [-0.2, 0) is 0 Å². The van der Waals surface area contributed by atoms with E-state index >= 15 is 0 Å². The lowest BCUT2D eigenvalue weighted by molar-refractivity contribution is -0.0463. The van der Waals surface area contributed by atoms with E-state index in [2.05, 4.69) is 20.6 Å². The molecule has 1 aliphatic rings. The number of aromatic nitrogens is 2. The molecule has 116 valence electrons. The molecule has 0 atom stereocenters. The maximum absolute atomic E-state index is 13.0. The zero-order chi connectivity index (χ0) is 15.3. The third kappa shape index (κ3) is 5.24. The molecule has 0 spiro atoms. The van der Waals surface area contributed by atoms with Gasteiger partial charge >= 0.3 is 6.03 Å². The summed E-state index contributed by atoms with van der Waals surface area (Å²) in [5.41, 5.74) is 0. The number of rotatable bonds is 4. The van der Waals surface area contributed by atoms with Crippen LogP contribution in [0.1, 0.15) is 37.9 Å². The Labute approximate surface area is 122 Å². The molecular weight excluding hydrogens is 278 g/mol. The topological polar surface area (TPSA) is 66.9 Å². The molecule has 2 N–H and O–H groups in total. The number of halogens is 2. The monoisotopic (exact) mass is 298 g/mol. The number of carbonyl (C=O) groups excluding carboxylic acids is 1. The number of hydrogen-bond donors (Lipinski definition) is 2. The fraction of sp³-hybridized carbons (Fsp3) is 0.643. The largest absolute Gasteiger partial charge is 0.338 e. The molecule has 1 aliphatic carbocycles. The smallest absolute Gasteiger partial charge is 0.320 e. The van der Waals surface area contributed by atoms with Crippen LogP contribution in [0.3, 0.4) is 0 Å². The summed E-state index contributed by atoms with van der Waals surface area (Å²) < 4.78 is 26.0. The third-order valence-corrected chi connectivity index (χ3v) is 3.69. The number of nitrogens with one attached hydrogen (secondary N) is 2. The van der Waals surface area contributed by atoms with Gasteiger partial charge in [0.2, 0.25) is 5.92 Å². The molecule has 2 rings (SSSR count). The van der Waals surface area contributed by atoms with Crippen LogP contribution in [0.4, 0.5) is 19.4 Å². The molecule has 5 nitrogen and oxygen atoms in total. The van der Waals surface area contributed by atoms with E-state index in [9.17, 15) is 13.6 Å². The maximum Gasteiger partial charge on any atom is 0.320 e. The standard InChI is InChI=1S/C14H20F2N4O/c1-10-17-9-5-12(19-10)20-13(21)18-8-4-11-2-6-14(15,16)7-3-11/h5,9,11H,2-4,6-8H2,1H3,(H2,17,18,19,20,21). The molecule has 0 aromatic carbocycles. The number of amides is 2. The summed E-state index contributed by atoms with van der Waals surface area (Å²) in [6.07, 6.45) is 3.28. The van der Waals surface area contributed by atoms with E-state index in [1.165, 1.54) is 0 Å². The number of hydrogen-bond acceptors (Lipinski definition) is 3. The number of aryl methyl sites for hydroxylation is 1. The van der Waals surface area contributed by atoms with Gasteiger partial charge in [0.15, 0.2) is 0 Å². The van der Waals surface area contributed by atoms with Crippen molar-refractivity contribution < 1.29 is 13.6 Å². The Bertz CT molecular complexity index is 486. The van der Waals surface area contributed by atoms with Crippen molar-refractivity contribution in [2.24, 2.45) is 5.92 Å². The van der Waals surface area contributed by atoms with Gasteiger partial charge < -0.3 is 5.32 Å².